The second-order valence-corrected chi connectivity index (χ2v) is 18.3. The fourth-order valence-electron chi connectivity index (χ4n) is 10.3. The van der Waals surface area contributed by atoms with Gasteiger partial charge in [-0.1, -0.05) is 188 Å². The first-order valence-electron chi connectivity index (χ1n) is 22.9. The van der Waals surface area contributed by atoms with Crippen molar-refractivity contribution >= 4 is 81.1 Å². The van der Waals surface area contributed by atoms with Crippen LogP contribution in [0.2, 0.25) is 0 Å². The summed E-state index contributed by atoms with van der Waals surface area (Å²) in [5.74, 6) is 0. The maximum Gasteiger partial charge on any atom is 0.0541 e. The number of aromatic nitrogens is 1. The summed E-state index contributed by atoms with van der Waals surface area (Å²) in [4.78, 5) is 2.40. The van der Waals surface area contributed by atoms with Crippen LogP contribution in [0.1, 0.15) is 0 Å². The summed E-state index contributed by atoms with van der Waals surface area (Å²) in [6, 6.07) is 93.0. The van der Waals surface area contributed by atoms with E-state index in [1.165, 1.54) is 97.3 Å². The van der Waals surface area contributed by atoms with Crippen molar-refractivity contribution in [2.45, 2.75) is 0 Å². The molecular weight excluding hydrogens is 829 g/mol. The zero-order chi connectivity index (χ0) is 44.3. The Morgan fingerprint density at radius 2 is 0.761 bits per heavy atom. The van der Waals surface area contributed by atoms with Crippen LogP contribution in [0.3, 0.4) is 0 Å². The molecule has 0 radical (unpaired) electrons. The number of hydrogen-bond acceptors (Lipinski definition) is 2. The van der Waals surface area contributed by atoms with Gasteiger partial charge in [-0.25, -0.2) is 0 Å². The molecule has 314 valence electrons. The van der Waals surface area contributed by atoms with Gasteiger partial charge in [0.2, 0.25) is 0 Å². The summed E-state index contributed by atoms with van der Waals surface area (Å²) in [6.45, 7) is 0. The van der Waals surface area contributed by atoms with Crippen LogP contribution in [0.25, 0.3) is 103 Å². The van der Waals surface area contributed by atoms with Gasteiger partial charge in [0.05, 0.1) is 11.0 Å². The Hall–Kier alpha value is -8.50. The molecule has 0 atom stereocenters. The Kier molecular flexibility index (Phi) is 9.40. The molecular formula is C64H42N2S. The van der Waals surface area contributed by atoms with Gasteiger partial charge in [0.1, 0.15) is 0 Å². The lowest BCUT2D eigenvalue weighted by atomic mass is 9.91. The van der Waals surface area contributed by atoms with Gasteiger partial charge in [-0.3, -0.25) is 0 Å². The predicted octanol–water partition coefficient (Wildman–Crippen LogP) is 18.4. The molecule has 0 aliphatic rings. The first kappa shape index (κ1) is 38.9. The van der Waals surface area contributed by atoms with Crippen molar-refractivity contribution in [2.75, 3.05) is 4.90 Å². The number of fused-ring (bicyclic) bond motifs is 7. The van der Waals surface area contributed by atoms with Crippen LogP contribution in [0, 0.1) is 0 Å². The van der Waals surface area contributed by atoms with E-state index < -0.39 is 0 Å². The highest BCUT2D eigenvalue weighted by Gasteiger charge is 2.19. The summed E-state index contributed by atoms with van der Waals surface area (Å²) in [6.07, 6.45) is 0. The SMILES string of the molecule is c1ccc(-c2cccc3cccc(-c4ccc(N(c5ccc(-c6ccc(-n7c8ccccc8c8ccccc87)cc6)cc5)c5ccc6c(c5)sc5cccc(-c7ccccc7)c56)cc4)c23)cc1. The van der Waals surface area contributed by atoms with E-state index >= 15 is 0 Å². The van der Waals surface area contributed by atoms with Gasteiger partial charge in [-0.2, -0.15) is 0 Å². The van der Waals surface area contributed by atoms with Crippen molar-refractivity contribution in [1.82, 2.24) is 4.57 Å². The molecule has 0 bridgehead atoms. The topological polar surface area (TPSA) is 8.17 Å². The Balaban J connectivity index is 0.902. The van der Waals surface area contributed by atoms with E-state index in [0.29, 0.717) is 0 Å². The van der Waals surface area contributed by atoms with Gasteiger partial charge >= 0.3 is 0 Å². The molecule has 0 aliphatic carbocycles. The van der Waals surface area contributed by atoms with Gasteiger partial charge in [-0.15, -0.1) is 11.3 Å². The lowest BCUT2D eigenvalue weighted by molar-refractivity contribution is 1.18. The zero-order valence-electron chi connectivity index (χ0n) is 36.6. The van der Waals surface area contributed by atoms with Crippen molar-refractivity contribution in [3.63, 3.8) is 0 Å². The number of thiophene rings is 1. The van der Waals surface area contributed by atoms with E-state index in [4.69, 9.17) is 0 Å². The molecule has 2 heterocycles. The van der Waals surface area contributed by atoms with E-state index in [-0.39, 0.29) is 0 Å². The molecule has 3 heteroatoms. The third-order valence-electron chi connectivity index (χ3n) is 13.4. The van der Waals surface area contributed by atoms with Crippen molar-refractivity contribution in [2.24, 2.45) is 0 Å². The normalized spacial score (nSPS) is 11.6. The molecule has 0 fully saturated rings. The monoisotopic (exact) mass is 870 g/mol. The maximum atomic E-state index is 2.40. The van der Waals surface area contributed by atoms with Crippen molar-refractivity contribution < 1.29 is 0 Å². The minimum Gasteiger partial charge on any atom is -0.310 e. The van der Waals surface area contributed by atoms with Crippen LogP contribution in [-0.2, 0) is 0 Å². The third kappa shape index (κ3) is 6.71. The van der Waals surface area contributed by atoms with Gasteiger partial charge in [0.25, 0.3) is 0 Å². The molecule has 13 aromatic rings. The molecule has 11 aromatic carbocycles. The number of benzene rings is 11. The highest BCUT2D eigenvalue weighted by Crippen LogP contribution is 2.45. The van der Waals surface area contributed by atoms with Gasteiger partial charge in [-0.05, 0) is 122 Å². The molecule has 67 heavy (non-hydrogen) atoms. The Labute approximate surface area is 393 Å². The Bertz CT molecular complexity index is 3880. The lowest BCUT2D eigenvalue weighted by Gasteiger charge is -2.26. The standard InChI is InChI=1S/C64H42N2S/c1-3-14-45(15-4-1)53-22-11-18-48-19-12-23-54(63(48)53)47-32-38-50(39-33-47)65(52-40-41-58-62(42-52)67-61-27-13-24-55(64(58)61)46-16-5-2-6-17-46)49-34-28-43(29-35-49)44-30-36-51(37-31-44)66-59-25-9-7-20-56(59)57-21-8-10-26-60(57)66/h1-42H. The minimum absolute atomic E-state index is 1.10. The smallest absolute Gasteiger partial charge is 0.0541 e. The average Bonchev–Trinajstić information content (AvgIpc) is 3.95. The highest BCUT2D eigenvalue weighted by molar-refractivity contribution is 7.26. The van der Waals surface area contributed by atoms with E-state index in [1.54, 1.807) is 0 Å². The fraction of sp³-hybridized carbons (Fsp3) is 0. The highest BCUT2D eigenvalue weighted by atomic mass is 32.1. The van der Waals surface area contributed by atoms with Gasteiger partial charge in [0, 0.05) is 53.7 Å². The van der Waals surface area contributed by atoms with E-state index in [0.717, 1.165) is 22.7 Å². The fourth-order valence-corrected chi connectivity index (χ4v) is 11.5. The van der Waals surface area contributed by atoms with Crippen LogP contribution in [0.4, 0.5) is 17.1 Å². The molecule has 13 rings (SSSR count). The zero-order valence-corrected chi connectivity index (χ0v) is 37.4. The second-order valence-electron chi connectivity index (χ2n) is 17.2. The maximum absolute atomic E-state index is 2.40. The summed E-state index contributed by atoms with van der Waals surface area (Å²) >= 11 is 1.87. The largest absolute Gasteiger partial charge is 0.310 e. The minimum atomic E-state index is 1.10. The molecule has 0 amide bonds. The van der Waals surface area contributed by atoms with Gasteiger partial charge in [0.15, 0.2) is 0 Å². The molecule has 0 N–H and O–H groups in total. The number of anilines is 3. The van der Waals surface area contributed by atoms with Crippen LogP contribution in [0.15, 0.2) is 255 Å². The van der Waals surface area contributed by atoms with Crippen molar-refractivity contribution in [3.05, 3.63) is 255 Å². The van der Waals surface area contributed by atoms with Crippen LogP contribution >= 0.6 is 11.3 Å². The third-order valence-corrected chi connectivity index (χ3v) is 14.5. The van der Waals surface area contributed by atoms with Crippen molar-refractivity contribution in [1.29, 1.82) is 0 Å². The first-order valence-corrected chi connectivity index (χ1v) is 23.7. The molecule has 0 saturated heterocycles. The quantitative estimate of drug-likeness (QED) is 0.148. The summed E-state index contributed by atoms with van der Waals surface area (Å²) in [7, 11) is 0. The van der Waals surface area contributed by atoms with E-state index in [1.807, 2.05) is 11.3 Å². The summed E-state index contributed by atoms with van der Waals surface area (Å²) < 4.78 is 4.93. The molecule has 0 unspecified atom stereocenters. The number of hydrogen-bond donors (Lipinski definition) is 0. The molecule has 0 saturated carbocycles. The van der Waals surface area contributed by atoms with Gasteiger partial charge < -0.3 is 9.47 Å². The van der Waals surface area contributed by atoms with Crippen LogP contribution in [0.5, 0.6) is 0 Å². The van der Waals surface area contributed by atoms with Crippen LogP contribution in [-0.4, -0.2) is 4.57 Å². The summed E-state index contributed by atoms with van der Waals surface area (Å²) in [5.41, 5.74) is 16.6. The molecule has 2 nitrogen and oxygen atoms in total. The molecule has 0 spiro atoms. The first-order chi connectivity index (χ1) is 33.2. The summed E-state index contributed by atoms with van der Waals surface area (Å²) in [5, 5.41) is 7.64. The molecule has 2 aromatic heterocycles. The van der Waals surface area contributed by atoms with E-state index in [9.17, 15) is 0 Å². The average molecular weight is 871 g/mol. The van der Waals surface area contributed by atoms with Crippen molar-refractivity contribution in [3.8, 4) is 50.2 Å². The van der Waals surface area contributed by atoms with Crippen LogP contribution < -0.4 is 4.90 Å². The Morgan fingerprint density at radius 1 is 0.299 bits per heavy atom. The number of rotatable bonds is 8. The van der Waals surface area contributed by atoms with E-state index in [2.05, 4.69) is 264 Å². The second kappa shape index (κ2) is 16.2. The Morgan fingerprint density at radius 3 is 1.34 bits per heavy atom. The lowest BCUT2D eigenvalue weighted by Crippen LogP contribution is -2.09. The number of nitrogens with zero attached hydrogens (tertiary/aromatic N) is 2. The predicted molar refractivity (Wildman–Crippen MR) is 288 cm³/mol. The molecule has 0 aliphatic heterocycles. The number of para-hydroxylation sites is 2.